The van der Waals surface area contributed by atoms with Crippen molar-refractivity contribution in [3.63, 3.8) is 0 Å². The number of hydrogen-bond acceptors (Lipinski definition) is 4. The third-order valence-electron chi connectivity index (χ3n) is 4.74. The summed E-state index contributed by atoms with van der Waals surface area (Å²) in [5.41, 5.74) is 2.30. The lowest BCUT2D eigenvalue weighted by Gasteiger charge is -2.35. The van der Waals surface area contributed by atoms with E-state index in [9.17, 15) is 5.11 Å². The molecule has 0 saturated carbocycles. The first kappa shape index (κ1) is 17.6. The first-order valence-electron chi connectivity index (χ1n) is 8.48. The molecule has 3 aromatic rings. The summed E-state index contributed by atoms with van der Waals surface area (Å²) in [6.07, 6.45) is 1.66. The van der Waals surface area contributed by atoms with Crippen LogP contribution >= 0.6 is 23.2 Å². The first-order valence-corrected chi connectivity index (χ1v) is 9.24. The molecule has 4 nitrogen and oxygen atoms in total. The van der Waals surface area contributed by atoms with Gasteiger partial charge in [0, 0.05) is 35.3 Å². The Bertz CT molecular complexity index is 925. The summed E-state index contributed by atoms with van der Waals surface area (Å²) in [6, 6.07) is 13.1. The van der Waals surface area contributed by atoms with Gasteiger partial charge in [-0.05, 0) is 35.9 Å². The molecule has 0 radical (unpaired) electrons. The molecule has 1 aromatic heterocycles. The SMILES string of the molecule is Oc1c(C(c2ccc(Cl)cc2)N2CCOCC2)cc(Cl)c2cccnc12. The Morgan fingerprint density at radius 3 is 2.54 bits per heavy atom. The summed E-state index contributed by atoms with van der Waals surface area (Å²) in [5.74, 6) is 0.163. The van der Waals surface area contributed by atoms with Crippen molar-refractivity contribution in [1.82, 2.24) is 9.88 Å². The Morgan fingerprint density at radius 2 is 1.81 bits per heavy atom. The zero-order valence-electron chi connectivity index (χ0n) is 14.0. The number of ether oxygens (including phenoxy) is 1. The molecule has 1 atom stereocenters. The summed E-state index contributed by atoms with van der Waals surface area (Å²) in [4.78, 5) is 6.62. The van der Waals surface area contributed by atoms with Gasteiger partial charge < -0.3 is 9.84 Å². The number of rotatable bonds is 3. The van der Waals surface area contributed by atoms with E-state index >= 15 is 0 Å². The fourth-order valence-corrected chi connectivity index (χ4v) is 3.88. The minimum atomic E-state index is -0.153. The van der Waals surface area contributed by atoms with E-state index in [-0.39, 0.29) is 11.8 Å². The lowest BCUT2D eigenvalue weighted by Crippen LogP contribution is -2.39. The zero-order chi connectivity index (χ0) is 18.1. The summed E-state index contributed by atoms with van der Waals surface area (Å²) >= 11 is 12.6. The van der Waals surface area contributed by atoms with Crippen LogP contribution in [-0.4, -0.2) is 41.3 Å². The van der Waals surface area contributed by atoms with Gasteiger partial charge in [-0.1, -0.05) is 35.3 Å². The number of benzene rings is 2. The van der Waals surface area contributed by atoms with E-state index in [4.69, 9.17) is 27.9 Å². The van der Waals surface area contributed by atoms with Crippen LogP contribution in [-0.2, 0) is 4.74 Å². The molecule has 0 spiro atoms. The lowest BCUT2D eigenvalue weighted by molar-refractivity contribution is 0.0236. The van der Waals surface area contributed by atoms with Crippen LogP contribution in [0.15, 0.2) is 48.7 Å². The van der Waals surface area contributed by atoms with Gasteiger partial charge in [0.1, 0.15) is 11.3 Å². The smallest absolute Gasteiger partial charge is 0.147 e. The van der Waals surface area contributed by atoms with E-state index in [0.29, 0.717) is 28.8 Å². The highest BCUT2D eigenvalue weighted by Crippen LogP contribution is 2.41. The molecule has 134 valence electrons. The van der Waals surface area contributed by atoms with Crippen LogP contribution in [0.25, 0.3) is 10.9 Å². The Labute approximate surface area is 161 Å². The molecule has 0 amide bonds. The molecule has 1 aliphatic rings. The largest absolute Gasteiger partial charge is 0.505 e. The standard InChI is InChI=1S/C20H18Cl2N2O2/c21-14-5-3-13(4-6-14)19(24-8-10-26-11-9-24)16-12-17(22)15-2-1-7-23-18(15)20(16)25/h1-7,12,19,25H,8-11H2. The summed E-state index contributed by atoms with van der Waals surface area (Å²) in [5, 5.41) is 13.0. The van der Waals surface area contributed by atoms with Crippen LogP contribution in [0, 0.1) is 0 Å². The topological polar surface area (TPSA) is 45.6 Å². The summed E-state index contributed by atoms with van der Waals surface area (Å²) in [6.45, 7) is 2.85. The summed E-state index contributed by atoms with van der Waals surface area (Å²) < 4.78 is 5.50. The van der Waals surface area contributed by atoms with Gasteiger partial charge in [0.25, 0.3) is 0 Å². The highest BCUT2D eigenvalue weighted by molar-refractivity contribution is 6.35. The predicted octanol–water partition coefficient (Wildman–Crippen LogP) is 4.67. The molecule has 0 aliphatic carbocycles. The van der Waals surface area contributed by atoms with Crippen molar-refractivity contribution in [1.29, 1.82) is 0 Å². The Kier molecular flexibility index (Phi) is 5.00. The van der Waals surface area contributed by atoms with Crippen LogP contribution < -0.4 is 0 Å². The van der Waals surface area contributed by atoms with Crippen LogP contribution in [0.3, 0.4) is 0 Å². The van der Waals surface area contributed by atoms with Crippen molar-refractivity contribution in [3.8, 4) is 5.75 Å². The second kappa shape index (κ2) is 7.41. The Morgan fingerprint density at radius 1 is 1.08 bits per heavy atom. The molecule has 6 heteroatoms. The molecule has 1 unspecified atom stereocenters. The molecule has 1 aliphatic heterocycles. The molecule has 1 fully saturated rings. The predicted molar refractivity (Wildman–Crippen MR) is 104 cm³/mol. The molecular formula is C20H18Cl2N2O2. The maximum absolute atomic E-state index is 11.0. The van der Waals surface area contributed by atoms with E-state index in [2.05, 4.69) is 9.88 Å². The number of phenols is 1. The molecule has 2 aromatic carbocycles. The highest BCUT2D eigenvalue weighted by atomic mass is 35.5. The second-order valence-electron chi connectivity index (χ2n) is 6.30. The minimum absolute atomic E-state index is 0.153. The number of halogens is 2. The van der Waals surface area contributed by atoms with Crippen molar-refractivity contribution in [2.45, 2.75) is 6.04 Å². The van der Waals surface area contributed by atoms with E-state index in [1.165, 1.54) is 0 Å². The first-order chi connectivity index (χ1) is 12.6. The van der Waals surface area contributed by atoms with Gasteiger partial charge in [0.15, 0.2) is 0 Å². The summed E-state index contributed by atoms with van der Waals surface area (Å²) in [7, 11) is 0. The van der Waals surface area contributed by atoms with Crippen molar-refractivity contribution in [2.24, 2.45) is 0 Å². The number of morpholine rings is 1. The van der Waals surface area contributed by atoms with Crippen molar-refractivity contribution >= 4 is 34.1 Å². The van der Waals surface area contributed by atoms with Gasteiger partial charge in [-0.3, -0.25) is 9.88 Å². The third-order valence-corrected chi connectivity index (χ3v) is 5.30. The van der Waals surface area contributed by atoms with Crippen molar-refractivity contribution in [2.75, 3.05) is 26.3 Å². The Hall–Kier alpha value is -1.85. The molecule has 2 heterocycles. The molecule has 1 saturated heterocycles. The van der Waals surface area contributed by atoms with Gasteiger partial charge in [0.05, 0.1) is 24.3 Å². The zero-order valence-corrected chi connectivity index (χ0v) is 15.5. The van der Waals surface area contributed by atoms with E-state index in [1.807, 2.05) is 42.5 Å². The molecular weight excluding hydrogens is 371 g/mol. The van der Waals surface area contributed by atoms with Crippen LogP contribution in [0.5, 0.6) is 5.75 Å². The number of fused-ring (bicyclic) bond motifs is 1. The van der Waals surface area contributed by atoms with E-state index in [1.54, 1.807) is 6.20 Å². The van der Waals surface area contributed by atoms with Gasteiger partial charge >= 0.3 is 0 Å². The lowest BCUT2D eigenvalue weighted by atomic mass is 9.94. The normalized spacial score (nSPS) is 16.7. The molecule has 1 N–H and O–H groups in total. The third kappa shape index (κ3) is 3.26. The van der Waals surface area contributed by atoms with Crippen LogP contribution in [0.2, 0.25) is 10.0 Å². The Balaban J connectivity index is 1.89. The molecule has 26 heavy (non-hydrogen) atoms. The average Bonchev–Trinajstić information content (AvgIpc) is 2.68. The number of phenolic OH excluding ortho intramolecular Hbond substituents is 1. The average molecular weight is 389 g/mol. The second-order valence-corrected chi connectivity index (χ2v) is 7.14. The monoisotopic (exact) mass is 388 g/mol. The number of hydrogen-bond donors (Lipinski definition) is 1. The van der Waals surface area contributed by atoms with Gasteiger partial charge in [-0.2, -0.15) is 0 Å². The number of pyridine rings is 1. The maximum atomic E-state index is 11.0. The molecule has 0 bridgehead atoms. The maximum Gasteiger partial charge on any atom is 0.147 e. The fraction of sp³-hybridized carbons (Fsp3) is 0.250. The van der Waals surface area contributed by atoms with Crippen molar-refractivity contribution < 1.29 is 9.84 Å². The van der Waals surface area contributed by atoms with Gasteiger partial charge in [-0.25, -0.2) is 0 Å². The quantitative estimate of drug-likeness (QED) is 0.707. The van der Waals surface area contributed by atoms with Crippen LogP contribution in [0.4, 0.5) is 0 Å². The van der Waals surface area contributed by atoms with Gasteiger partial charge in [0.2, 0.25) is 0 Å². The van der Waals surface area contributed by atoms with Gasteiger partial charge in [-0.15, -0.1) is 0 Å². The highest BCUT2D eigenvalue weighted by Gasteiger charge is 2.28. The van der Waals surface area contributed by atoms with E-state index < -0.39 is 0 Å². The number of nitrogens with zero attached hydrogens (tertiary/aromatic N) is 2. The molecule has 4 rings (SSSR count). The number of aromatic nitrogens is 1. The van der Waals surface area contributed by atoms with Crippen LogP contribution in [0.1, 0.15) is 17.2 Å². The van der Waals surface area contributed by atoms with E-state index in [0.717, 1.165) is 29.6 Å². The number of aromatic hydroxyl groups is 1. The van der Waals surface area contributed by atoms with Crippen molar-refractivity contribution in [3.05, 3.63) is 69.8 Å². The minimum Gasteiger partial charge on any atom is -0.505 e. The fourth-order valence-electron chi connectivity index (χ4n) is 3.48.